The van der Waals surface area contributed by atoms with Gasteiger partial charge in [0.25, 0.3) is 0 Å². The maximum absolute atomic E-state index is 10.6. The standard InChI is InChI=1S/C10H23NO4Si/c1-4-5-8-15-16(13-2,14-3)9-6-7-10(11)12/h4-9H2,1-3H3,(H2,11,12). The highest BCUT2D eigenvalue weighted by Crippen LogP contribution is 2.17. The molecule has 0 saturated carbocycles. The fourth-order valence-electron chi connectivity index (χ4n) is 1.33. The van der Waals surface area contributed by atoms with Crippen LogP contribution in [0, 0.1) is 0 Å². The van der Waals surface area contributed by atoms with Gasteiger partial charge in [-0.3, -0.25) is 4.79 Å². The topological polar surface area (TPSA) is 70.8 Å². The molecule has 0 aromatic rings. The van der Waals surface area contributed by atoms with Gasteiger partial charge >= 0.3 is 8.80 Å². The third-order valence-electron chi connectivity index (χ3n) is 2.35. The Morgan fingerprint density at radius 3 is 2.31 bits per heavy atom. The second-order valence-corrected chi connectivity index (χ2v) is 6.58. The summed E-state index contributed by atoms with van der Waals surface area (Å²) in [6.45, 7) is 2.74. The van der Waals surface area contributed by atoms with Crippen molar-refractivity contribution in [3.63, 3.8) is 0 Å². The van der Waals surface area contributed by atoms with Crippen molar-refractivity contribution < 1.29 is 18.1 Å². The molecule has 0 aliphatic carbocycles. The van der Waals surface area contributed by atoms with Gasteiger partial charge < -0.3 is 19.0 Å². The molecule has 96 valence electrons. The molecular formula is C10H23NO4Si. The van der Waals surface area contributed by atoms with Crippen molar-refractivity contribution in [1.82, 2.24) is 0 Å². The molecule has 0 bridgehead atoms. The molecule has 0 rings (SSSR count). The Kier molecular flexibility index (Phi) is 8.45. The van der Waals surface area contributed by atoms with E-state index in [1.165, 1.54) is 0 Å². The zero-order chi connectivity index (χ0) is 12.4. The average molecular weight is 249 g/mol. The van der Waals surface area contributed by atoms with Crippen molar-refractivity contribution in [3.8, 4) is 0 Å². The minimum absolute atomic E-state index is 0.302. The normalized spacial score (nSPS) is 11.7. The molecule has 0 fully saturated rings. The first kappa shape index (κ1) is 15.6. The highest BCUT2D eigenvalue weighted by Gasteiger charge is 2.38. The summed E-state index contributed by atoms with van der Waals surface area (Å²) in [7, 11) is 0.623. The third kappa shape index (κ3) is 6.22. The van der Waals surface area contributed by atoms with Crippen LogP contribution in [0.5, 0.6) is 0 Å². The molecular weight excluding hydrogens is 226 g/mol. The van der Waals surface area contributed by atoms with E-state index in [0.29, 0.717) is 25.5 Å². The van der Waals surface area contributed by atoms with Crippen LogP contribution in [0.25, 0.3) is 0 Å². The number of hydrogen-bond donors (Lipinski definition) is 1. The zero-order valence-electron chi connectivity index (χ0n) is 10.5. The summed E-state index contributed by atoms with van der Waals surface area (Å²) in [5, 5.41) is 0. The number of carbonyl (C=O) groups excluding carboxylic acids is 1. The first-order chi connectivity index (χ1) is 7.60. The Morgan fingerprint density at radius 2 is 1.88 bits per heavy atom. The van der Waals surface area contributed by atoms with Gasteiger partial charge in [0.1, 0.15) is 0 Å². The summed E-state index contributed by atoms with van der Waals surface area (Å²) in [6, 6.07) is 0.632. The molecule has 16 heavy (non-hydrogen) atoms. The van der Waals surface area contributed by atoms with Crippen molar-refractivity contribution in [3.05, 3.63) is 0 Å². The van der Waals surface area contributed by atoms with Crippen LogP contribution in [0.3, 0.4) is 0 Å². The van der Waals surface area contributed by atoms with Crippen LogP contribution in [-0.4, -0.2) is 35.5 Å². The molecule has 0 spiro atoms. The van der Waals surface area contributed by atoms with Gasteiger partial charge in [0.2, 0.25) is 5.91 Å². The molecule has 0 aromatic heterocycles. The first-order valence-electron chi connectivity index (χ1n) is 5.62. The van der Waals surface area contributed by atoms with E-state index in [1.54, 1.807) is 14.2 Å². The SMILES string of the molecule is CCCCO[Si](CCCC(N)=O)(OC)OC. The van der Waals surface area contributed by atoms with Crippen LogP contribution in [-0.2, 0) is 18.1 Å². The molecule has 5 nitrogen and oxygen atoms in total. The minimum atomic E-state index is -2.56. The van der Waals surface area contributed by atoms with Gasteiger partial charge in [-0.15, -0.1) is 0 Å². The van der Waals surface area contributed by atoms with Crippen LogP contribution in [0.15, 0.2) is 0 Å². The lowest BCUT2D eigenvalue weighted by atomic mass is 10.3. The van der Waals surface area contributed by atoms with E-state index in [4.69, 9.17) is 19.0 Å². The van der Waals surface area contributed by atoms with E-state index < -0.39 is 8.80 Å². The molecule has 0 heterocycles. The van der Waals surface area contributed by atoms with Crippen molar-refractivity contribution in [1.29, 1.82) is 0 Å². The molecule has 0 radical (unpaired) electrons. The van der Waals surface area contributed by atoms with Gasteiger partial charge in [-0.05, 0) is 12.8 Å². The van der Waals surface area contributed by atoms with Gasteiger partial charge in [0.05, 0.1) is 0 Å². The molecule has 0 aromatic carbocycles. The van der Waals surface area contributed by atoms with Crippen LogP contribution < -0.4 is 5.73 Å². The monoisotopic (exact) mass is 249 g/mol. The summed E-state index contributed by atoms with van der Waals surface area (Å²) in [5.74, 6) is -0.302. The second kappa shape index (κ2) is 8.69. The summed E-state index contributed by atoms with van der Waals surface area (Å²) < 4.78 is 16.4. The van der Waals surface area contributed by atoms with Gasteiger partial charge in [-0.25, -0.2) is 0 Å². The van der Waals surface area contributed by atoms with Crippen molar-refractivity contribution >= 4 is 14.7 Å². The smallest absolute Gasteiger partial charge is 0.377 e. The quantitative estimate of drug-likeness (QED) is 0.468. The number of amides is 1. The predicted octanol–water partition coefficient (Wildman–Crippen LogP) is 1.30. The van der Waals surface area contributed by atoms with Crippen LogP contribution in [0.1, 0.15) is 32.6 Å². The summed E-state index contributed by atoms with van der Waals surface area (Å²) in [6.07, 6.45) is 3.05. The Hall–Kier alpha value is -0.433. The zero-order valence-corrected chi connectivity index (χ0v) is 11.5. The first-order valence-corrected chi connectivity index (χ1v) is 7.56. The van der Waals surface area contributed by atoms with E-state index in [2.05, 4.69) is 6.92 Å². The molecule has 0 aliphatic rings. The van der Waals surface area contributed by atoms with Crippen LogP contribution in [0.2, 0.25) is 6.04 Å². The summed E-state index contributed by atoms with van der Waals surface area (Å²) >= 11 is 0. The maximum atomic E-state index is 10.6. The highest BCUT2D eigenvalue weighted by atomic mass is 28.4. The van der Waals surface area contributed by atoms with E-state index >= 15 is 0 Å². The van der Waals surface area contributed by atoms with E-state index in [9.17, 15) is 4.79 Å². The Bertz CT molecular complexity index is 197. The Balaban J connectivity index is 4.04. The average Bonchev–Trinajstić information content (AvgIpc) is 2.27. The van der Waals surface area contributed by atoms with Crippen molar-refractivity contribution in [2.24, 2.45) is 5.73 Å². The van der Waals surface area contributed by atoms with Gasteiger partial charge in [0.15, 0.2) is 0 Å². The maximum Gasteiger partial charge on any atom is 0.500 e. The molecule has 0 atom stereocenters. The van der Waals surface area contributed by atoms with Crippen molar-refractivity contribution in [2.45, 2.75) is 38.7 Å². The fourth-order valence-corrected chi connectivity index (χ4v) is 3.35. The number of hydrogen-bond acceptors (Lipinski definition) is 4. The number of primary amides is 1. The summed E-state index contributed by atoms with van der Waals surface area (Å²) in [4.78, 5) is 10.6. The highest BCUT2D eigenvalue weighted by molar-refractivity contribution is 6.60. The molecule has 2 N–H and O–H groups in total. The van der Waals surface area contributed by atoms with Gasteiger partial charge in [-0.1, -0.05) is 13.3 Å². The lowest BCUT2D eigenvalue weighted by Crippen LogP contribution is -2.44. The number of nitrogens with two attached hydrogens (primary N) is 1. The molecule has 6 heteroatoms. The Morgan fingerprint density at radius 1 is 1.25 bits per heavy atom. The fraction of sp³-hybridized carbons (Fsp3) is 0.900. The van der Waals surface area contributed by atoms with Crippen LogP contribution in [0.4, 0.5) is 0 Å². The lowest BCUT2D eigenvalue weighted by molar-refractivity contribution is -0.118. The number of rotatable bonds is 10. The summed E-state index contributed by atoms with van der Waals surface area (Å²) in [5.41, 5.74) is 5.08. The molecule has 0 unspecified atom stereocenters. The Labute approximate surface area is 98.6 Å². The van der Waals surface area contributed by atoms with E-state index in [0.717, 1.165) is 12.8 Å². The van der Waals surface area contributed by atoms with Gasteiger partial charge in [0, 0.05) is 33.3 Å². The van der Waals surface area contributed by atoms with Gasteiger partial charge in [-0.2, -0.15) is 0 Å². The van der Waals surface area contributed by atoms with E-state index in [-0.39, 0.29) is 5.91 Å². The second-order valence-electron chi connectivity index (χ2n) is 3.61. The molecule has 0 saturated heterocycles. The van der Waals surface area contributed by atoms with E-state index in [1.807, 2.05) is 0 Å². The predicted molar refractivity (Wildman–Crippen MR) is 63.9 cm³/mol. The molecule has 1 amide bonds. The third-order valence-corrected chi connectivity index (χ3v) is 5.20. The number of carbonyl (C=O) groups is 1. The molecule has 0 aliphatic heterocycles. The van der Waals surface area contributed by atoms with Crippen LogP contribution >= 0.6 is 0 Å². The minimum Gasteiger partial charge on any atom is -0.377 e. The largest absolute Gasteiger partial charge is 0.500 e. The van der Waals surface area contributed by atoms with Crippen molar-refractivity contribution in [2.75, 3.05) is 20.8 Å². The lowest BCUT2D eigenvalue weighted by Gasteiger charge is -2.26. The number of unbranched alkanes of at least 4 members (excludes halogenated alkanes) is 1.